The van der Waals surface area contributed by atoms with E-state index in [0.29, 0.717) is 0 Å². The Bertz CT molecular complexity index is 652. The lowest BCUT2D eigenvalue weighted by Crippen LogP contribution is -2.09. The molecule has 2 nitrogen and oxygen atoms in total. The Morgan fingerprint density at radius 3 is 2.89 bits per heavy atom. The van der Waals surface area contributed by atoms with Crippen molar-refractivity contribution in [1.82, 2.24) is 9.78 Å². The molecular weight excluding hydrogens is 239 g/mol. The van der Waals surface area contributed by atoms with E-state index in [-0.39, 0.29) is 5.82 Å². The van der Waals surface area contributed by atoms with Crippen molar-refractivity contribution in [2.45, 2.75) is 25.7 Å². The molecule has 19 heavy (non-hydrogen) atoms. The Morgan fingerprint density at radius 1 is 1.21 bits per heavy atom. The number of benzene rings is 1. The van der Waals surface area contributed by atoms with Gasteiger partial charge in [0.15, 0.2) is 0 Å². The van der Waals surface area contributed by atoms with Gasteiger partial charge in [-0.1, -0.05) is 5.57 Å². The number of allylic oxidation sites excluding steroid dienone is 1. The van der Waals surface area contributed by atoms with Crippen LogP contribution in [0.5, 0.6) is 0 Å². The van der Waals surface area contributed by atoms with Gasteiger partial charge in [0.2, 0.25) is 0 Å². The lowest BCUT2D eigenvalue weighted by molar-refractivity contribution is 0.619. The highest BCUT2D eigenvalue weighted by Gasteiger charge is 2.27. The molecule has 0 saturated heterocycles. The first-order valence-electron chi connectivity index (χ1n) is 6.84. The van der Waals surface area contributed by atoms with Crippen molar-refractivity contribution in [3.05, 3.63) is 53.1 Å². The van der Waals surface area contributed by atoms with Crippen molar-refractivity contribution in [1.29, 1.82) is 0 Å². The molecule has 0 bridgehead atoms. The van der Waals surface area contributed by atoms with Crippen molar-refractivity contribution in [2.75, 3.05) is 0 Å². The third-order valence-corrected chi connectivity index (χ3v) is 4.29. The average Bonchev–Trinajstić information content (AvgIpc) is 3.03. The van der Waals surface area contributed by atoms with Crippen LogP contribution in [-0.2, 0) is 6.42 Å². The number of nitrogens with zero attached hydrogens (tertiary/aromatic N) is 2. The van der Waals surface area contributed by atoms with Crippen LogP contribution in [0.15, 0.2) is 36.0 Å². The number of fused-ring (bicyclic) bond motifs is 2. The quantitative estimate of drug-likeness (QED) is 0.757. The van der Waals surface area contributed by atoms with E-state index in [9.17, 15) is 4.39 Å². The van der Waals surface area contributed by atoms with Gasteiger partial charge in [-0.2, -0.15) is 5.10 Å². The standard InChI is InChI=1S/C16H15FN2/c17-14-4-6-15(7-5-14)19-16-9-12-3-1-2-11(12)8-13(16)10-18-19/h4-7,9-11H,1-3,8H2. The van der Waals surface area contributed by atoms with Crippen LogP contribution in [0.3, 0.4) is 0 Å². The zero-order chi connectivity index (χ0) is 12.8. The molecule has 1 atom stereocenters. The van der Waals surface area contributed by atoms with Gasteiger partial charge >= 0.3 is 0 Å². The van der Waals surface area contributed by atoms with Crippen LogP contribution < -0.4 is 0 Å². The van der Waals surface area contributed by atoms with Crippen LogP contribution in [0.25, 0.3) is 11.8 Å². The molecule has 0 N–H and O–H groups in total. The van der Waals surface area contributed by atoms with E-state index in [1.54, 1.807) is 17.7 Å². The number of halogens is 1. The molecule has 1 fully saturated rings. The van der Waals surface area contributed by atoms with Gasteiger partial charge in [-0.05, 0) is 67.5 Å². The van der Waals surface area contributed by atoms with Crippen LogP contribution in [0.4, 0.5) is 4.39 Å². The number of aromatic nitrogens is 2. The maximum absolute atomic E-state index is 13.0. The minimum absolute atomic E-state index is 0.209. The van der Waals surface area contributed by atoms with Crippen LogP contribution in [0.2, 0.25) is 0 Å². The molecule has 0 radical (unpaired) electrons. The van der Waals surface area contributed by atoms with E-state index in [1.165, 1.54) is 42.7 Å². The first-order chi connectivity index (χ1) is 9.31. The van der Waals surface area contributed by atoms with Crippen molar-refractivity contribution in [3.8, 4) is 5.69 Å². The summed E-state index contributed by atoms with van der Waals surface area (Å²) in [6.45, 7) is 0. The third kappa shape index (κ3) is 1.72. The summed E-state index contributed by atoms with van der Waals surface area (Å²) < 4.78 is 14.9. The fraction of sp³-hybridized carbons (Fsp3) is 0.312. The molecule has 96 valence electrons. The van der Waals surface area contributed by atoms with Crippen LogP contribution >= 0.6 is 0 Å². The fourth-order valence-corrected chi connectivity index (χ4v) is 3.30. The highest BCUT2D eigenvalue weighted by molar-refractivity contribution is 5.60. The zero-order valence-electron chi connectivity index (χ0n) is 10.6. The number of hydrogen-bond acceptors (Lipinski definition) is 1. The SMILES string of the molecule is Fc1ccc(-n2ncc3c2C=C2CCCC2C3)cc1. The summed E-state index contributed by atoms with van der Waals surface area (Å²) >= 11 is 0. The Labute approximate surface area is 111 Å². The highest BCUT2D eigenvalue weighted by Crippen LogP contribution is 2.39. The summed E-state index contributed by atoms with van der Waals surface area (Å²) in [5, 5.41) is 4.47. The van der Waals surface area contributed by atoms with Crippen molar-refractivity contribution >= 4 is 6.08 Å². The second-order valence-corrected chi connectivity index (χ2v) is 5.46. The fourth-order valence-electron chi connectivity index (χ4n) is 3.30. The number of hydrogen-bond donors (Lipinski definition) is 0. The Morgan fingerprint density at radius 2 is 2.05 bits per heavy atom. The van der Waals surface area contributed by atoms with Gasteiger partial charge < -0.3 is 0 Å². The maximum atomic E-state index is 13.0. The predicted octanol–water partition coefficient (Wildman–Crippen LogP) is 3.75. The van der Waals surface area contributed by atoms with Gasteiger partial charge in [-0.15, -0.1) is 0 Å². The van der Waals surface area contributed by atoms with E-state index in [1.807, 2.05) is 10.9 Å². The first-order valence-corrected chi connectivity index (χ1v) is 6.84. The summed E-state index contributed by atoms with van der Waals surface area (Å²) in [5.74, 6) is 0.525. The minimum Gasteiger partial charge on any atom is -0.233 e. The van der Waals surface area contributed by atoms with Crippen molar-refractivity contribution in [3.63, 3.8) is 0 Å². The minimum atomic E-state index is -0.209. The lowest BCUT2D eigenvalue weighted by Gasteiger charge is -2.18. The molecule has 0 aliphatic heterocycles. The second-order valence-electron chi connectivity index (χ2n) is 5.46. The Hall–Kier alpha value is -1.90. The summed E-state index contributed by atoms with van der Waals surface area (Å²) in [7, 11) is 0. The Kier molecular flexibility index (Phi) is 2.34. The molecule has 0 amide bonds. The van der Waals surface area contributed by atoms with Gasteiger partial charge in [-0.3, -0.25) is 0 Å². The molecule has 2 aromatic rings. The van der Waals surface area contributed by atoms with Gasteiger partial charge in [0, 0.05) is 0 Å². The monoisotopic (exact) mass is 254 g/mol. The maximum Gasteiger partial charge on any atom is 0.123 e. The topological polar surface area (TPSA) is 17.8 Å². The second kappa shape index (κ2) is 4.05. The van der Waals surface area contributed by atoms with Crippen LogP contribution in [0, 0.1) is 11.7 Å². The third-order valence-electron chi connectivity index (χ3n) is 4.29. The summed E-state index contributed by atoms with van der Waals surface area (Å²) in [6.07, 6.45) is 9.22. The number of rotatable bonds is 1. The first kappa shape index (κ1) is 11.0. The van der Waals surface area contributed by atoms with E-state index < -0.39 is 0 Å². The summed E-state index contributed by atoms with van der Waals surface area (Å²) in [6, 6.07) is 6.53. The van der Waals surface area contributed by atoms with E-state index in [2.05, 4.69) is 11.2 Å². The molecule has 1 aromatic heterocycles. The summed E-state index contributed by atoms with van der Waals surface area (Å²) in [5.41, 5.74) is 4.99. The molecule has 1 saturated carbocycles. The molecule has 2 aliphatic rings. The van der Waals surface area contributed by atoms with Crippen LogP contribution in [0.1, 0.15) is 30.5 Å². The molecular formula is C16H15FN2. The smallest absolute Gasteiger partial charge is 0.123 e. The van der Waals surface area contributed by atoms with Gasteiger partial charge in [0.05, 0.1) is 17.6 Å². The molecule has 4 rings (SSSR count). The van der Waals surface area contributed by atoms with E-state index in [4.69, 9.17) is 0 Å². The van der Waals surface area contributed by atoms with Crippen LogP contribution in [-0.4, -0.2) is 9.78 Å². The molecule has 0 spiro atoms. The average molecular weight is 254 g/mol. The van der Waals surface area contributed by atoms with Crippen molar-refractivity contribution in [2.24, 2.45) is 5.92 Å². The molecule has 1 unspecified atom stereocenters. The van der Waals surface area contributed by atoms with E-state index in [0.717, 1.165) is 18.0 Å². The zero-order valence-corrected chi connectivity index (χ0v) is 10.6. The highest BCUT2D eigenvalue weighted by atomic mass is 19.1. The molecule has 3 heteroatoms. The predicted molar refractivity (Wildman–Crippen MR) is 72.5 cm³/mol. The van der Waals surface area contributed by atoms with Crippen molar-refractivity contribution < 1.29 is 4.39 Å². The summed E-state index contributed by atoms with van der Waals surface area (Å²) in [4.78, 5) is 0. The van der Waals surface area contributed by atoms with Gasteiger partial charge in [0.25, 0.3) is 0 Å². The largest absolute Gasteiger partial charge is 0.233 e. The van der Waals surface area contributed by atoms with Gasteiger partial charge in [0.1, 0.15) is 5.82 Å². The van der Waals surface area contributed by atoms with E-state index >= 15 is 0 Å². The Balaban J connectivity index is 1.81. The molecule has 2 aliphatic carbocycles. The normalized spacial score (nSPS) is 20.9. The van der Waals surface area contributed by atoms with Gasteiger partial charge in [-0.25, -0.2) is 9.07 Å². The molecule has 1 aromatic carbocycles. The molecule has 1 heterocycles. The lowest BCUT2D eigenvalue weighted by atomic mass is 9.89.